The number of hydrogen-bond acceptors (Lipinski definition) is 4. The molecule has 3 aromatic carbocycles. The first-order valence-electron chi connectivity index (χ1n) is 10.8. The molecule has 1 aliphatic heterocycles. The summed E-state index contributed by atoms with van der Waals surface area (Å²) in [6.07, 6.45) is -5.01. The van der Waals surface area contributed by atoms with Crippen LogP contribution < -0.4 is 0 Å². The average molecular weight is 455 g/mol. The maximum absolute atomic E-state index is 13.1. The van der Waals surface area contributed by atoms with E-state index in [1.807, 2.05) is 60.7 Å². The number of ether oxygens (including phenoxy) is 1. The van der Waals surface area contributed by atoms with Gasteiger partial charge >= 0.3 is 12.1 Å². The van der Waals surface area contributed by atoms with Crippen molar-refractivity contribution < 1.29 is 27.5 Å². The van der Waals surface area contributed by atoms with Crippen LogP contribution in [0.1, 0.15) is 47.7 Å². The fraction of sp³-hybridized carbons (Fsp3) is 0.269. The Hall–Kier alpha value is -3.16. The number of esters is 1. The summed E-state index contributed by atoms with van der Waals surface area (Å²) in [6.45, 7) is 1.93. The zero-order valence-electron chi connectivity index (χ0n) is 18.0. The van der Waals surface area contributed by atoms with Gasteiger partial charge in [0.1, 0.15) is 0 Å². The Kier molecular flexibility index (Phi) is 6.81. The standard InChI is InChI=1S/C26H24F3NO3/c1-2-32-25(31)23-17-22(18-13-15-21(16-14-18)26(27,28)29)30(33-23)24(19-9-5-3-6-10-19)20-11-7-4-8-12-20/h3-16,22-24H,2,17H2,1H3. The fourth-order valence-electron chi connectivity index (χ4n) is 4.12. The van der Waals surface area contributed by atoms with Crippen molar-refractivity contribution >= 4 is 5.97 Å². The minimum Gasteiger partial charge on any atom is -0.464 e. The summed E-state index contributed by atoms with van der Waals surface area (Å²) in [5.41, 5.74) is 1.78. The van der Waals surface area contributed by atoms with Gasteiger partial charge in [-0.1, -0.05) is 72.8 Å². The average Bonchev–Trinajstić information content (AvgIpc) is 3.25. The highest BCUT2D eigenvalue weighted by Gasteiger charge is 2.44. The highest BCUT2D eigenvalue weighted by molar-refractivity contribution is 5.75. The van der Waals surface area contributed by atoms with Crippen LogP contribution >= 0.6 is 0 Å². The number of carbonyl (C=O) groups excluding carboxylic acids is 1. The van der Waals surface area contributed by atoms with Crippen molar-refractivity contribution in [1.82, 2.24) is 5.06 Å². The number of hydroxylamine groups is 2. The molecule has 172 valence electrons. The molecule has 0 spiro atoms. The van der Waals surface area contributed by atoms with Gasteiger partial charge in [0.2, 0.25) is 0 Å². The third kappa shape index (κ3) is 5.10. The molecule has 0 aliphatic carbocycles. The van der Waals surface area contributed by atoms with Crippen LogP contribution in [0.15, 0.2) is 84.9 Å². The van der Waals surface area contributed by atoms with E-state index in [-0.39, 0.29) is 19.1 Å². The SMILES string of the molecule is CCOC(=O)C1CC(c2ccc(C(F)(F)F)cc2)N(C(c2ccccc2)c2ccccc2)O1. The first-order chi connectivity index (χ1) is 15.9. The number of carbonyl (C=O) groups is 1. The van der Waals surface area contributed by atoms with E-state index in [0.29, 0.717) is 5.56 Å². The zero-order valence-corrected chi connectivity index (χ0v) is 18.0. The molecule has 1 heterocycles. The summed E-state index contributed by atoms with van der Waals surface area (Å²) in [5.74, 6) is -0.489. The van der Waals surface area contributed by atoms with E-state index in [9.17, 15) is 18.0 Å². The van der Waals surface area contributed by atoms with Crippen molar-refractivity contribution in [3.63, 3.8) is 0 Å². The third-order valence-electron chi connectivity index (χ3n) is 5.65. The van der Waals surface area contributed by atoms with Gasteiger partial charge in [0.05, 0.1) is 24.3 Å². The fourth-order valence-corrected chi connectivity index (χ4v) is 4.12. The second-order valence-electron chi connectivity index (χ2n) is 7.80. The molecule has 2 unspecified atom stereocenters. The Bertz CT molecular complexity index is 1020. The van der Waals surface area contributed by atoms with Crippen LogP contribution in [0.4, 0.5) is 13.2 Å². The van der Waals surface area contributed by atoms with E-state index >= 15 is 0 Å². The first kappa shape index (κ1) is 23.0. The Morgan fingerprint density at radius 3 is 2.00 bits per heavy atom. The first-order valence-corrected chi connectivity index (χ1v) is 10.8. The van der Waals surface area contributed by atoms with Gasteiger partial charge in [-0.25, -0.2) is 4.79 Å². The predicted octanol–water partition coefficient (Wildman–Crippen LogP) is 6.11. The lowest BCUT2D eigenvalue weighted by Gasteiger charge is -2.32. The third-order valence-corrected chi connectivity index (χ3v) is 5.65. The normalized spacial score (nSPS) is 19.1. The summed E-state index contributed by atoms with van der Waals surface area (Å²) in [6, 6.07) is 23.5. The molecule has 4 rings (SSSR count). The lowest BCUT2D eigenvalue weighted by molar-refractivity contribution is -0.201. The molecule has 0 bridgehead atoms. The number of alkyl halides is 3. The van der Waals surface area contributed by atoms with Crippen LogP contribution in [0.25, 0.3) is 0 Å². The number of rotatable bonds is 6. The molecule has 33 heavy (non-hydrogen) atoms. The van der Waals surface area contributed by atoms with E-state index in [1.165, 1.54) is 12.1 Å². The van der Waals surface area contributed by atoms with Crippen molar-refractivity contribution in [3.8, 4) is 0 Å². The molecule has 4 nitrogen and oxygen atoms in total. The highest BCUT2D eigenvalue weighted by Crippen LogP contribution is 2.44. The number of benzene rings is 3. The van der Waals surface area contributed by atoms with Crippen molar-refractivity contribution in [1.29, 1.82) is 0 Å². The number of nitrogens with zero attached hydrogens (tertiary/aromatic N) is 1. The molecule has 0 N–H and O–H groups in total. The van der Waals surface area contributed by atoms with Crippen LogP contribution in [-0.2, 0) is 20.5 Å². The van der Waals surface area contributed by atoms with Crippen LogP contribution in [0.2, 0.25) is 0 Å². The highest BCUT2D eigenvalue weighted by atomic mass is 19.4. The Labute approximate surface area is 190 Å². The van der Waals surface area contributed by atoms with Gasteiger partial charge in [0.25, 0.3) is 0 Å². The summed E-state index contributed by atoms with van der Waals surface area (Å²) >= 11 is 0. The van der Waals surface area contributed by atoms with Gasteiger partial charge in [-0.15, -0.1) is 0 Å². The molecular weight excluding hydrogens is 431 g/mol. The maximum atomic E-state index is 13.1. The lowest BCUT2D eigenvalue weighted by atomic mass is 9.94. The van der Waals surface area contributed by atoms with Crippen LogP contribution in [0.5, 0.6) is 0 Å². The van der Waals surface area contributed by atoms with Crippen LogP contribution in [-0.4, -0.2) is 23.7 Å². The molecule has 0 saturated carbocycles. The van der Waals surface area contributed by atoms with Gasteiger partial charge < -0.3 is 4.74 Å². The van der Waals surface area contributed by atoms with E-state index in [4.69, 9.17) is 9.57 Å². The molecule has 3 aromatic rings. The van der Waals surface area contributed by atoms with E-state index in [0.717, 1.165) is 23.3 Å². The minimum atomic E-state index is -4.42. The number of hydrogen-bond donors (Lipinski definition) is 0. The van der Waals surface area contributed by atoms with E-state index in [2.05, 4.69) is 0 Å². The van der Waals surface area contributed by atoms with Gasteiger partial charge in [-0.2, -0.15) is 18.2 Å². The molecule has 7 heteroatoms. The van der Waals surface area contributed by atoms with E-state index in [1.54, 1.807) is 12.0 Å². The largest absolute Gasteiger partial charge is 0.464 e. The smallest absolute Gasteiger partial charge is 0.416 e. The molecule has 0 amide bonds. The summed E-state index contributed by atoms with van der Waals surface area (Å²) in [5, 5.41) is 1.72. The molecule has 0 radical (unpaired) electrons. The van der Waals surface area contributed by atoms with Gasteiger partial charge in [0, 0.05) is 6.42 Å². The van der Waals surface area contributed by atoms with Gasteiger partial charge in [0.15, 0.2) is 6.10 Å². The van der Waals surface area contributed by atoms with Crippen molar-refractivity contribution in [2.75, 3.05) is 6.61 Å². The molecule has 1 aliphatic rings. The molecule has 0 aromatic heterocycles. The molecule has 2 atom stereocenters. The van der Waals surface area contributed by atoms with Gasteiger partial charge in [-0.05, 0) is 35.7 Å². The monoisotopic (exact) mass is 455 g/mol. The molecule has 1 fully saturated rings. The molecule has 1 saturated heterocycles. The minimum absolute atomic E-state index is 0.213. The van der Waals surface area contributed by atoms with Crippen molar-refractivity contribution in [3.05, 3.63) is 107 Å². The van der Waals surface area contributed by atoms with Crippen molar-refractivity contribution in [2.45, 2.75) is 37.7 Å². The summed E-state index contributed by atoms with van der Waals surface area (Å²) in [4.78, 5) is 18.7. The summed E-state index contributed by atoms with van der Waals surface area (Å²) < 4.78 is 44.5. The Morgan fingerprint density at radius 2 is 1.52 bits per heavy atom. The van der Waals surface area contributed by atoms with E-state index < -0.39 is 29.9 Å². The Balaban J connectivity index is 1.76. The molecular formula is C26H24F3NO3. The second kappa shape index (κ2) is 9.77. The summed E-state index contributed by atoms with van der Waals surface area (Å²) in [7, 11) is 0. The Morgan fingerprint density at radius 1 is 0.970 bits per heavy atom. The quantitative estimate of drug-likeness (QED) is 0.421. The van der Waals surface area contributed by atoms with Crippen molar-refractivity contribution in [2.24, 2.45) is 0 Å². The maximum Gasteiger partial charge on any atom is 0.416 e. The van der Waals surface area contributed by atoms with Crippen LogP contribution in [0, 0.1) is 0 Å². The zero-order chi connectivity index (χ0) is 23.4. The second-order valence-corrected chi connectivity index (χ2v) is 7.80. The lowest BCUT2D eigenvalue weighted by Crippen LogP contribution is -2.30. The predicted molar refractivity (Wildman–Crippen MR) is 117 cm³/mol. The van der Waals surface area contributed by atoms with Gasteiger partial charge in [-0.3, -0.25) is 4.84 Å². The topological polar surface area (TPSA) is 38.8 Å². The van der Waals surface area contributed by atoms with Crippen LogP contribution in [0.3, 0.4) is 0 Å². The number of halogens is 3.